The first kappa shape index (κ1) is 48.7. The summed E-state index contributed by atoms with van der Waals surface area (Å²) in [6.45, 7) is 12.5. The van der Waals surface area contributed by atoms with Gasteiger partial charge in [-0.05, 0) is 136 Å². The number of carbonyl (C=O) groups excluding carboxylic acids is 3. The maximum absolute atomic E-state index is 14.0. The van der Waals surface area contributed by atoms with Gasteiger partial charge in [0.05, 0.1) is 53.3 Å². The summed E-state index contributed by atoms with van der Waals surface area (Å²) in [6, 6.07) is 19.4. The summed E-state index contributed by atoms with van der Waals surface area (Å²) >= 11 is 0. The lowest BCUT2D eigenvalue weighted by atomic mass is 10.0. The van der Waals surface area contributed by atoms with Gasteiger partial charge in [0.2, 0.25) is 11.8 Å². The molecule has 0 aliphatic carbocycles. The van der Waals surface area contributed by atoms with Crippen molar-refractivity contribution in [2.75, 3.05) is 58.4 Å². The number of nitrogens with one attached hydrogen (secondary N) is 3. The van der Waals surface area contributed by atoms with Gasteiger partial charge in [-0.25, -0.2) is 19.6 Å². The predicted octanol–water partition coefficient (Wildman–Crippen LogP) is 8.73. The smallest absolute Gasteiger partial charge is 0.407 e. The topological polar surface area (TPSA) is 193 Å². The molecule has 4 N–H and O–H groups in total. The molecule has 9 rings (SSSR count). The summed E-state index contributed by atoms with van der Waals surface area (Å²) in [5, 5.41) is 12.5. The van der Waals surface area contributed by atoms with Crippen LogP contribution in [0, 0.1) is 11.8 Å². The summed E-state index contributed by atoms with van der Waals surface area (Å²) in [5.41, 5.74) is 6.78. The van der Waals surface area contributed by atoms with E-state index in [2.05, 4.69) is 85.7 Å². The first-order chi connectivity index (χ1) is 33.8. The minimum atomic E-state index is -1.13. The summed E-state index contributed by atoms with van der Waals surface area (Å²) in [6.07, 6.45) is 6.97. The van der Waals surface area contributed by atoms with Crippen LogP contribution in [-0.2, 0) is 14.3 Å². The molecule has 6 heterocycles. The number of anilines is 1. The fourth-order valence-electron chi connectivity index (χ4n) is 11.5. The molecule has 17 heteroatoms. The van der Waals surface area contributed by atoms with Crippen LogP contribution in [0.25, 0.3) is 22.1 Å². The monoisotopic (exact) mass is 959 g/mol. The third-order valence-corrected chi connectivity index (χ3v) is 15.2. The zero-order valence-electron chi connectivity index (χ0n) is 41.5. The maximum Gasteiger partial charge on any atom is 0.407 e. The Balaban J connectivity index is 0.994. The molecule has 4 aliphatic heterocycles. The number of carbonyl (C=O) groups is 4. The molecule has 2 aromatic heterocycles. The zero-order valence-corrected chi connectivity index (χ0v) is 41.5. The molecule has 4 fully saturated rings. The van der Waals surface area contributed by atoms with Gasteiger partial charge in [0.25, 0.3) is 0 Å². The highest BCUT2D eigenvalue weighted by Crippen LogP contribution is 2.48. The van der Waals surface area contributed by atoms with E-state index in [0.29, 0.717) is 25.5 Å². The number of likely N-dealkylation sites (N-methyl/N-ethyl adjacent to an activating group) is 1. The van der Waals surface area contributed by atoms with Crippen molar-refractivity contribution in [3.05, 3.63) is 83.4 Å². The van der Waals surface area contributed by atoms with Crippen molar-refractivity contribution in [2.24, 2.45) is 11.8 Å². The van der Waals surface area contributed by atoms with Crippen molar-refractivity contribution in [1.29, 1.82) is 0 Å². The summed E-state index contributed by atoms with van der Waals surface area (Å²) < 4.78 is 11.1. The second kappa shape index (κ2) is 20.9. The second-order valence-electron chi connectivity index (χ2n) is 20.4. The van der Waals surface area contributed by atoms with E-state index in [4.69, 9.17) is 19.4 Å². The number of alkyl carbamates (subject to hydrolysis) is 1. The summed E-state index contributed by atoms with van der Waals surface area (Å²) in [4.78, 5) is 79.2. The molecule has 6 atom stereocenters. The Labute approximate surface area is 410 Å². The van der Waals surface area contributed by atoms with Crippen LogP contribution in [0.3, 0.4) is 0 Å². The largest absolute Gasteiger partial charge is 0.492 e. The Morgan fingerprint density at radius 3 is 1.79 bits per heavy atom. The zero-order chi connectivity index (χ0) is 49.2. The van der Waals surface area contributed by atoms with Crippen LogP contribution in [0.2, 0.25) is 0 Å². The van der Waals surface area contributed by atoms with Gasteiger partial charge < -0.3 is 44.6 Å². The number of hydrogen-bond acceptors (Lipinski definition) is 10. The van der Waals surface area contributed by atoms with E-state index in [1.165, 1.54) is 33.4 Å². The average molecular weight is 959 g/mol. The van der Waals surface area contributed by atoms with Crippen molar-refractivity contribution in [1.82, 2.24) is 44.9 Å². The van der Waals surface area contributed by atoms with Crippen LogP contribution >= 0.6 is 0 Å². The Hall–Kier alpha value is -6.36. The molecule has 4 amide bonds. The predicted molar refractivity (Wildman–Crippen MR) is 268 cm³/mol. The van der Waals surface area contributed by atoms with Gasteiger partial charge in [0, 0.05) is 32.4 Å². The van der Waals surface area contributed by atoms with Gasteiger partial charge in [-0.3, -0.25) is 19.4 Å². The Morgan fingerprint density at radius 1 is 0.714 bits per heavy atom. The number of rotatable bonds is 15. The molecule has 3 aromatic carbocycles. The first-order valence-electron chi connectivity index (χ1n) is 25.4. The van der Waals surface area contributed by atoms with Crippen molar-refractivity contribution in [2.45, 2.75) is 122 Å². The molecule has 0 saturated carbocycles. The van der Waals surface area contributed by atoms with E-state index in [1.807, 2.05) is 37.5 Å². The summed E-state index contributed by atoms with van der Waals surface area (Å²) in [5.74, 6) is 1.63. The van der Waals surface area contributed by atoms with E-state index in [0.717, 1.165) is 114 Å². The van der Waals surface area contributed by atoms with Crippen LogP contribution in [0.5, 0.6) is 5.75 Å². The third kappa shape index (κ3) is 9.99. The number of aromatic nitrogens is 4. The summed E-state index contributed by atoms with van der Waals surface area (Å²) in [7, 11) is 2.77. The lowest BCUT2D eigenvalue weighted by molar-refractivity contribution is -0.138. The molecule has 3 unspecified atom stereocenters. The fourth-order valence-corrected chi connectivity index (χ4v) is 11.5. The maximum atomic E-state index is 14.0. The third-order valence-electron chi connectivity index (χ3n) is 15.2. The van der Waals surface area contributed by atoms with Crippen LogP contribution in [0.4, 0.5) is 15.3 Å². The highest BCUT2D eigenvalue weighted by molar-refractivity contribution is 5.87. The van der Waals surface area contributed by atoms with Crippen molar-refractivity contribution < 1.29 is 33.8 Å². The van der Waals surface area contributed by atoms with Crippen LogP contribution in [0.15, 0.2) is 60.7 Å². The van der Waals surface area contributed by atoms with E-state index in [-0.39, 0.29) is 47.8 Å². The number of likely N-dealkylation sites (tertiary alicyclic amines) is 3. The number of carboxylic acid groups (broad SMARTS) is 1. The lowest BCUT2D eigenvalue weighted by Crippen LogP contribution is -2.51. The highest BCUT2D eigenvalue weighted by atomic mass is 16.5. The van der Waals surface area contributed by atoms with Gasteiger partial charge >= 0.3 is 12.2 Å². The van der Waals surface area contributed by atoms with Gasteiger partial charge in [0.15, 0.2) is 0 Å². The van der Waals surface area contributed by atoms with Crippen LogP contribution in [-0.4, -0.2) is 134 Å². The number of ether oxygens (including phenoxy) is 2. The quantitative estimate of drug-likeness (QED) is 0.0785. The second-order valence-corrected chi connectivity index (χ2v) is 20.4. The number of amides is 4. The number of methoxy groups -OCH3 is 1. The average Bonchev–Trinajstić information content (AvgIpc) is 4.22. The number of piperidine rings is 1. The van der Waals surface area contributed by atoms with Crippen molar-refractivity contribution >= 4 is 51.8 Å². The Kier molecular flexibility index (Phi) is 14.5. The molecule has 17 nitrogen and oxygen atoms in total. The number of aromatic amines is 2. The number of nitrogens with zero attached hydrogens (tertiary/aromatic N) is 7. The van der Waals surface area contributed by atoms with Gasteiger partial charge in [-0.15, -0.1) is 0 Å². The van der Waals surface area contributed by atoms with E-state index >= 15 is 0 Å². The molecule has 374 valence electrons. The first-order valence-corrected chi connectivity index (χ1v) is 25.4. The minimum Gasteiger partial charge on any atom is -0.492 e. The van der Waals surface area contributed by atoms with E-state index in [1.54, 1.807) is 0 Å². The molecule has 5 aromatic rings. The molecule has 0 bridgehead atoms. The molecule has 70 heavy (non-hydrogen) atoms. The molecule has 0 radical (unpaired) electrons. The van der Waals surface area contributed by atoms with E-state index in [9.17, 15) is 24.3 Å². The van der Waals surface area contributed by atoms with Gasteiger partial charge in [-0.2, -0.15) is 0 Å². The number of benzene rings is 3. The Bertz CT molecular complexity index is 2660. The fraction of sp³-hybridized carbons (Fsp3) is 0.547. The molecular formula is C53H70N10O7. The number of fused-ring (bicyclic) bond motifs is 2. The Morgan fingerprint density at radius 2 is 1.27 bits per heavy atom. The van der Waals surface area contributed by atoms with Crippen molar-refractivity contribution in [3.63, 3.8) is 0 Å². The van der Waals surface area contributed by atoms with Crippen LogP contribution in [0.1, 0.15) is 132 Å². The van der Waals surface area contributed by atoms with E-state index < -0.39 is 24.3 Å². The molecular weight excluding hydrogens is 889 g/mol. The van der Waals surface area contributed by atoms with Crippen molar-refractivity contribution in [3.8, 4) is 5.75 Å². The normalized spacial score (nSPS) is 21.8. The number of H-pyrrole nitrogens is 2. The molecule has 4 aliphatic rings. The van der Waals surface area contributed by atoms with Crippen LogP contribution < -0.4 is 15.0 Å². The molecule has 0 spiro atoms. The minimum absolute atomic E-state index is 0.0133. The standard InChI is InChI=1S/C53H70N10O7/c1-32(2)46(58-52(66)69-6)50(64)61-26-10-12-44(61)48-54-38-20-14-34(30-40(38)56-48)42-22-23-43(63(42)36-16-18-37(19-17-36)70-29-28-60-24-8-7-9-25-60)35-15-21-39-41(31-35)57-49(55-39)45-13-11-27-62(45)51(65)47(33(3)4)59(5)53(67)68/h14-21,30-33,42-47H,7-13,22-29H2,1-6H3,(H,54,56)(H,55,57)(H,58,66)(H,67,68)/t42-,43-,44?,45?,46?,47+/m1/s1. The number of imidazole rings is 2. The SMILES string of the molecule is COC(=O)NC(C(=O)N1CCCC1c1nc2cc([C@H]3CC[C@H](c4ccc5[nH]c(C6CCCN6C(=O)[C@H](C(C)C)N(C)C(=O)O)nc5c4)N3c3ccc(OCCN4CCCCC4)cc3)ccc2[nH]1)C(C)C. The number of hydrogen-bond donors (Lipinski definition) is 4. The molecule has 4 saturated heterocycles. The lowest BCUT2D eigenvalue weighted by Gasteiger charge is -2.33. The van der Waals surface area contributed by atoms with Gasteiger partial charge in [-0.1, -0.05) is 46.2 Å². The highest BCUT2D eigenvalue weighted by Gasteiger charge is 2.41. The van der Waals surface area contributed by atoms with Gasteiger partial charge in [0.1, 0.15) is 36.1 Å².